The highest BCUT2D eigenvalue weighted by molar-refractivity contribution is 5.94. The highest BCUT2D eigenvalue weighted by Crippen LogP contribution is 2.20. The molecule has 1 unspecified atom stereocenters. The van der Waals surface area contributed by atoms with Crippen molar-refractivity contribution in [2.75, 3.05) is 19.6 Å². The van der Waals surface area contributed by atoms with E-state index in [0.717, 1.165) is 18.4 Å². The molecule has 0 saturated carbocycles. The zero-order chi connectivity index (χ0) is 15.4. The van der Waals surface area contributed by atoms with Crippen molar-refractivity contribution in [2.45, 2.75) is 19.8 Å². The van der Waals surface area contributed by atoms with E-state index in [0.29, 0.717) is 19.6 Å². The highest BCUT2D eigenvalue weighted by atomic mass is 19.1. The molecule has 0 spiro atoms. The van der Waals surface area contributed by atoms with Gasteiger partial charge in [-0.25, -0.2) is 9.18 Å². The van der Waals surface area contributed by atoms with Gasteiger partial charge in [0.1, 0.15) is 5.82 Å². The van der Waals surface area contributed by atoms with Gasteiger partial charge < -0.3 is 16.0 Å². The first-order chi connectivity index (χ1) is 9.97. The zero-order valence-electron chi connectivity index (χ0n) is 12.1. The lowest BCUT2D eigenvalue weighted by Crippen LogP contribution is -2.44. The Hall–Kier alpha value is -2.11. The fourth-order valence-corrected chi connectivity index (χ4v) is 2.62. The molecule has 5 nitrogen and oxygen atoms in total. The standard InChI is InChI=1S/C15H20FN3O2/c1-10-4-5-12(13(16)7-10)14(20)19-6-2-3-11(9-19)8-18-15(17)21/h4-5,7,11H,2-3,6,8-9H2,1H3,(H3,17,18,21). The van der Waals surface area contributed by atoms with Gasteiger partial charge in [-0.1, -0.05) is 6.07 Å². The van der Waals surface area contributed by atoms with E-state index in [1.807, 2.05) is 0 Å². The summed E-state index contributed by atoms with van der Waals surface area (Å²) in [5.74, 6) is -0.627. The minimum Gasteiger partial charge on any atom is -0.352 e. The van der Waals surface area contributed by atoms with Gasteiger partial charge in [-0.3, -0.25) is 4.79 Å². The van der Waals surface area contributed by atoms with Gasteiger partial charge in [-0.15, -0.1) is 0 Å². The molecule has 1 aromatic rings. The first kappa shape index (κ1) is 15.3. The Morgan fingerprint density at radius 3 is 2.90 bits per heavy atom. The predicted octanol–water partition coefficient (Wildman–Crippen LogP) is 1.65. The van der Waals surface area contributed by atoms with Crippen molar-refractivity contribution >= 4 is 11.9 Å². The lowest BCUT2D eigenvalue weighted by molar-refractivity contribution is 0.0670. The lowest BCUT2D eigenvalue weighted by atomic mass is 9.97. The minimum atomic E-state index is -0.567. The SMILES string of the molecule is Cc1ccc(C(=O)N2CCCC(CNC(N)=O)C2)c(F)c1. The molecule has 114 valence electrons. The molecule has 1 saturated heterocycles. The number of hydrogen-bond donors (Lipinski definition) is 2. The van der Waals surface area contributed by atoms with Gasteiger partial charge in [0.15, 0.2) is 0 Å². The molecule has 1 fully saturated rings. The third-order valence-electron chi connectivity index (χ3n) is 3.73. The fourth-order valence-electron chi connectivity index (χ4n) is 2.62. The number of nitrogens with zero attached hydrogens (tertiary/aromatic N) is 1. The van der Waals surface area contributed by atoms with Crippen molar-refractivity contribution in [3.63, 3.8) is 0 Å². The maximum absolute atomic E-state index is 13.9. The number of primary amides is 1. The number of aryl methyl sites for hydroxylation is 1. The van der Waals surface area contributed by atoms with E-state index in [4.69, 9.17) is 5.73 Å². The number of urea groups is 1. The number of likely N-dealkylation sites (tertiary alicyclic amines) is 1. The molecular weight excluding hydrogens is 273 g/mol. The molecule has 6 heteroatoms. The number of nitrogens with one attached hydrogen (secondary N) is 1. The number of amides is 3. The Bertz CT molecular complexity index is 548. The number of carbonyl (C=O) groups excluding carboxylic acids is 2. The molecule has 1 heterocycles. The maximum atomic E-state index is 13.9. The molecule has 0 bridgehead atoms. The Kier molecular flexibility index (Phi) is 4.77. The van der Waals surface area contributed by atoms with Crippen LogP contribution in [0.1, 0.15) is 28.8 Å². The van der Waals surface area contributed by atoms with E-state index in [2.05, 4.69) is 5.32 Å². The van der Waals surface area contributed by atoms with Crippen molar-refractivity contribution < 1.29 is 14.0 Å². The topological polar surface area (TPSA) is 75.4 Å². The summed E-state index contributed by atoms with van der Waals surface area (Å²) in [6.07, 6.45) is 1.75. The summed E-state index contributed by atoms with van der Waals surface area (Å²) >= 11 is 0. The van der Waals surface area contributed by atoms with Gasteiger partial charge in [-0.05, 0) is 43.4 Å². The van der Waals surface area contributed by atoms with Crippen LogP contribution < -0.4 is 11.1 Å². The van der Waals surface area contributed by atoms with Gasteiger partial charge in [0.2, 0.25) is 0 Å². The molecule has 0 aromatic heterocycles. The number of rotatable bonds is 3. The Balaban J connectivity index is 2.03. The van der Waals surface area contributed by atoms with Crippen LogP contribution in [-0.2, 0) is 0 Å². The lowest BCUT2D eigenvalue weighted by Gasteiger charge is -2.33. The molecule has 1 atom stereocenters. The van der Waals surface area contributed by atoms with Gasteiger partial charge in [0.05, 0.1) is 5.56 Å². The van der Waals surface area contributed by atoms with Crippen molar-refractivity contribution in [3.05, 3.63) is 35.1 Å². The molecular formula is C15H20FN3O2. The Morgan fingerprint density at radius 1 is 1.48 bits per heavy atom. The van der Waals surface area contributed by atoms with E-state index >= 15 is 0 Å². The van der Waals surface area contributed by atoms with E-state index in [-0.39, 0.29) is 17.4 Å². The van der Waals surface area contributed by atoms with Crippen LogP contribution in [0.5, 0.6) is 0 Å². The summed E-state index contributed by atoms with van der Waals surface area (Å²) in [6.45, 7) is 3.34. The van der Waals surface area contributed by atoms with Crippen LogP contribution in [0.3, 0.4) is 0 Å². The minimum absolute atomic E-state index is 0.101. The summed E-state index contributed by atoms with van der Waals surface area (Å²) in [6, 6.07) is 4.05. The van der Waals surface area contributed by atoms with Crippen LogP contribution in [0.15, 0.2) is 18.2 Å². The van der Waals surface area contributed by atoms with Crippen LogP contribution in [-0.4, -0.2) is 36.5 Å². The largest absolute Gasteiger partial charge is 0.352 e. The van der Waals surface area contributed by atoms with Crippen molar-refractivity contribution in [2.24, 2.45) is 11.7 Å². The third kappa shape index (κ3) is 3.93. The molecule has 1 aromatic carbocycles. The van der Waals surface area contributed by atoms with E-state index < -0.39 is 11.8 Å². The molecule has 3 N–H and O–H groups in total. The van der Waals surface area contributed by atoms with Crippen molar-refractivity contribution in [1.82, 2.24) is 10.2 Å². The molecule has 2 rings (SSSR count). The van der Waals surface area contributed by atoms with Crippen LogP contribution in [0.2, 0.25) is 0 Å². The normalized spacial score (nSPS) is 18.4. The number of piperidine rings is 1. The highest BCUT2D eigenvalue weighted by Gasteiger charge is 2.26. The zero-order valence-corrected chi connectivity index (χ0v) is 12.1. The number of carbonyl (C=O) groups is 2. The number of benzene rings is 1. The van der Waals surface area contributed by atoms with E-state index in [1.54, 1.807) is 17.9 Å². The van der Waals surface area contributed by atoms with Gasteiger partial charge in [0, 0.05) is 19.6 Å². The number of halogens is 1. The van der Waals surface area contributed by atoms with Gasteiger partial charge >= 0.3 is 6.03 Å². The van der Waals surface area contributed by atoms with Gasteiger partial charge in [0.25, 0.3) is 5.91 Å². The fraction of sp³-hybridized carbons (Fsp3) is 0.467. The molecule has 21 heavy (non-hydrogen) atoms. The molecule has 1 aliphatic rings. The second-order valence-corrected chi connectivity index (χ2v) is 5.49. The Morgan fingerprint density at radius 2 is 2.24 bits per heavy atom. The molecule has 0 radical (unpaired) electrons. The van der Waals surface area contributed by atoms with Crippen LogP contribution in [0.25, 0.3) is 0 Å². The first-order valence-electron chi connectivity index (χ1n) is 7.06. The average molecular weight is 293 g/mol. The maximum Gasteiger partial charge on any atom is 0.312 e. The Labute approximate surface area is 123 Å². The summed E-state index contributed by atoms with van der Waals surface area (Å²) < 4.78 is 13.9. The van der Waals surface area contributed by atoms with Crippen LogP contribution in [0.4, 0.5) is 9.18 Å². The quantitative estimate of drug-likeness (QED) is 0.889. The average Bonchev–Trinajstić information content (AvgIpc) is 2.45. The third-order valence-corrected chi connectivity index (χ3v) is 3.73. The summed E-state index contributed by atoms with van der Waals surface area (Å²) in [7, 11) is 0. The smallest absolute Gasteiger partial charge is 0.312 e. The summed E-state index contributed by atoms with van der Waals surface area (Å²) in [5, 5.41) is 2.56. The molecule has 1 aliphatic heterocycles. The monoisotopic (exact) mass is 293 g/mol. The van der Waals surface area contributed by atoms with E-state index in [9.17, 15) is 14.0 Å². The molecule has 3 amide bonds. The first-order valence-corrected chi connectivity index (χ1v) is 7.06. The molecule has 0 aliphatic carbocycles. The van der Waals surface area contributed by atoms with Crippen molar-refractivity contribution in [1.29, 1.82) is 0 Å². The van der Waals surface area contributed by atoms with Gasteiger partial charge in [-0.2, -0.15) is 0 Å². The number of hydrogen-bond acceptors (Lipinski definition) is 2. The second-order valence-electron chi connectivity index (χ2n) is 5.49. The second kappa shape index (κ2) is 6.56. The van der Waals surface area contributed by atoms with Crippen molar-refractivity contribution in [3.8, 4) is 0 Å². The summed E-state index contributed by atoms with van der Waals surface area (Å²) in [4.78, 5) is 24.8. The number of nitrogens with two attached hydrogens (primary N) is 1. The van der Waals surface area contributed by atoms with E-state index in [1.165, 1.54) is 12.1 Å². The van der Waals surface area contributed by atoms with Crippen LogP contribution in [0, 0.1) is 18.7 Å². The summed E-state index contributed by atoms with van der Waals surface area (Å²) in [5.41, 5.74) is 5.93. The predicted molar refractivity (Wildman–Crippen MR) is 77.4 cm³/mol. The van der Waals surface area contributed by atoms with Crippen LogP contribution >= 0.6 is 0 Å².